The Bertz CT molecular complexity index is 356. The average molecular weight is 174 g/mol. The van der Waals surface area contributed by atoms with E-state index in [4.69, 9.17) is 0 Å². The molecule has 0 fully saturated rings. The van der Waals surface area contributed by atoms with Crippen LogP contribution in [-0.2, 0) is 0 Å². The summed E-state index contributed by atoms with van der Waals surface area (Å²) in [6.07, 6.45) is 4.34. The Morgan fingerprint density at radius 3 is 2.62 bits per heavy atom. The summed E-state index contributed by atoms with van der Waals surface area (Å²) in [6, 6.07) is 9.48. The minimum absolute atomic E-state index is 0.635. The highest BCUT2D eigenvalue weighted by Crippen LogP contribution is 2.13. The molecule has 0 radical (unpaired) electrons. The van der Waals surface area contributed by atoms with E-state index in [1.54, 1.807) is 23.3 Å². The zero-order chi connectivity index (χ0) is 9.10. The molecule has 2 rings (SSSR count). The minimum Gasteiger partial charge on any atom is -0.369 e. The van der Waals surface area contributed by atoms with Crippen molar-refractivity contribution < 1.29 is 5.11 Å². The fourth-order valence-electron chi connectivity index (χ4n) is 1.21. The van der Waals surface area contributed by atoms with Crippen LogP contribution < -0.4 is 0 Å². The lowest BCUT2D eigenvalue weighted by Gasteiger charge is -2.11. The molecule has 1 aromatic heterocycles. The highest BCUT2D eigenvalue weighted by atomic mass is 16.3. The molecule has 0 aliphatic carbocycles. The number of aliphatic hydroxyl groups is 1. The van der Waals surface area contributed by atoms with Gasteiger partial charge in [-0.15, -0.1) is 0 Å². The van der Waals surface area contributed by atoms with Crippen LogP contribution in [0.1, 0.15) is 11.8 Å². The SMILES string of the molecule is OC(c1ccccc1)n1ccnc1. The van der Waals surface area contributed by atoms with Gasteiger partial charge >= 0.3 is 0 Å². The van der Waals surface area contributed by atoms with Gasteiger partial charge in [0.15, 0.2) is 6.23 Å². The standard InChI is InChI=1S/C10H10N2O/c13-10(12-7-6-11-8-12)9-4-2-1-3-5-9/h1-8,10,13H. The first kappa shape index (κ1) is 8.01. The van der Waals surface area contributed by atoms with Gasteiger partial charge in [0.2, 0.25) is 0 Å². The molecule has 1 unspecified atom stereocenters. The molecule has 0 saturated heterocycles. The second-order valence-corrected chi connectivity index (χ2v) is 2.79. The van der Waals surface area contributed by atoms with E-state index in [2.05, 4.69) is 4.98 Å². The summed E-state index contributed by atoms with van der Waals surface area (Å²) < 4.78 is 1.65. The largest absolute Gasteiger partial charge is 0.369 e. The fraction of sp³-hybridized carbons (Fsp3) is 0.100. The summed E-state index contributed by atoms with van der Waals surface area (Å²) in [4.78, 5) is 3.87. The molecule has 2 aromatic rings. The Morgan fingerprint density at radius 1 is 1.23 bits per heavy atom. The van der Waals surface area contributed by atoms with Crippen molar-refractivity contribution in [2.24, 2.45) is 0 Å². The van der Waals surface area contributed by atoms with Crippen LogP contribution in [0.3, 0.4) is 0 Å². The van der Waals surface area contributed by atoms with Gasteiger partial charge in [-0.2, -0.15) is 0 Å². The maximum absolute atomic E-state index is 9.80. The van der Waals surface area contributed by atoms with Crippen LogP contribution in [-0.4, -0.2) is 14.7 Å². The number of benzene rings is 1. The summed E-state index contributed by atoms with van der Waals surface area (Å²) in [5.74, 6) is 0. The summed E-state index contributed by atoms with van der Waals surface area (Å²) >= 11 is 0. The molecule has 13 heavy (non-hydrogen) atoms. The van der Waals surface area contributed by atoms with Crippen molar-refractivity contribution in [1.29, 1.82) is 0 Å². The highest BCUT2D eigenvalue weighted by Gasteiger charge is 2.06. The fourth-order valence-corrected chi connectivity index (χ4v) is 1.21. The number of hydrogen-bond acceptors (Lipinski definition) is 2. The molecule has 66 valence electrons. The second-order valence-electron chi connectivity index (χ2n) is 2.79. The number of imidazole rings is 1. The number of rotatable bonds is 2. The molecule has 0 aliphatic rings. The molecule has 0 bridgehead atoms. The van der Waals surface area contributed by atoms with Gasteiger partial charge in [-0.1, -0.05) is 30.3 Å². The van der Waals surface area contributed by atoms with Gasteiger partial charge < -0.3 is 9.67 Å². The van der Waals surface area contributed by atoms with Crippen LogP contribution in [0.2, 0.25) is 0 Å². The highest BCUT2D eigenvalue weighted by molar-refractivity contribution is 5.17. The zero-order valence-corrected chi connectivity index (χ0v) is 7.04. The Kier molecular flexibility index (Phi) is 2.10. The van der Waals surface area contributed by atoms with Crippen molar-refractivity contribution >= 4 is 0 Å². The Hall–Kier alpha value is -1.61. The molecule has 1 N–H and O–H groups in total. The van der Waals surface area contributed by atoms with E-state index in [0.717, 1.165) is 5.56 Å². The maximum atomic E-state index is 9.80. The van der Waals surface area contributed by atoms with E-state index in [0.29, 0.717) is 0 Å². The van der Waals surface area contributed by atoms with E-state index >= 15 is 0 Å². The van der Waals surface area contributed by atoms with Crippen LogP contribution in [0.5, 0.6) is 0 Å². The van der Waals surface area contributed by atoms with Crippen LogP contribution in [0.4, 0.5) is 0 Å². The summed E-state index contributed by atoms with van der Waals surface area (Å²) in [5, 5.41) is 9.80. The van der Waals surface area contributed by atoms with E-state index in [-0.39, 0.29) is 0 Å². The molecular weight excluding hydrogens is 164 g/mol. The lowest BCUT2D eigenvalue weighted by molar-refractivity contribution is 0.146. The lowest BCUT2D eigenvalue weighted by atomic mass is 10.2. The first-order valence-electron chi connectivity index (χ1n) is 4.08. The monoisotopic (exact) mass is 174 g/mol. The number of nitrogens with zero attached hydrogens (tertiary/aromatic N) is 2. The normalized spacial score (nSPS) is 12.7. The lowest BCUT2D eigenvalue weighted by Crippen LogP contribution is -2.06. The van der Waals surface area contributed by atoms with E-state index in [1.165, 1.54) is 0 Å². The molecule has 3 heteroatoms. The van der Waals surface area contributed by atoms with E-state index in [1.807, 2.05) is 30.3 Å². The first-order valence-corrected chi connectivity index (χ1v) is 4.08. The maximum Gasteiger partial charge on any atom is 0.157 e. The molecule has 1 aromatic carbocycles. The number of hydrogen-bond donors (Lipinski definition) is 1. The zero-order valence-electron chi connectivity index (χ0n) is 7.04. The molecule has 1 atom stereocenters. The smallest absolute Gasteiger partial charge is 0.157 e. The molecular formula is C10H10N2O. The van der Waals surface area contributed by atoms with Crippen molar-refractivity contribution in [1.82, 2.24) is 9.55 Å². The molecule has 1 heterocycles. The Morgan fingerprint density at radius 2 is 2.00 bits per heavy atom. The van der Waals surface area contributed by atoms with Crippen molar-refractivity contribution in [3.8, 4) is 0 Å². The van der Waals surface area contributed by atoms with Gasteiger partial charge in [-0.05, 0) is 0 Å². The number of aromatic nitrogens is 2. The van der Waals surface area contributed by atoms with E-state index in [9.17, 15) is 5.11 Å². The number of aliphatic hydroxyl groups excluding tert-OH is 1. The van der Waals surface area contributed by atoms with Crippen molar-refractivity contribution in [2.75, 3.05) is 0 Å². The summed E-state index contributed by atoms with van der Waals surface area (Å²) in [7, 11) is 0. The minimum atomic E-state index is -0.635. The predicted molar refractivity (Wildman–Crippen MR) is 49.0 cm³/mol. The molecule has 0 aliphatic heterocycles. The van der Waals surface area contributed by atoms with Crippen molar-refractivity contribution in [3.05, 3.63) is 54.6 Å². The predicted octanol–water partition coefficient (Wildman–Crippen LogP) is 1.42. The van der Waals surface area contributed by atoms with Gasteiger partial charge in [0.05, 0.1) is 6.33 Å². The van der Waals surface area contributed by atoms with Crippen molar-refractivity contribution in [2.45, 2.75) is 6.23 Å². The third kappa shape index (κ3) is 1.60. The summed E-state index contributed by atoms with van der Waals surface area (Å²) in [5.41, 5.74) is 0.862. The van der Waals surface area contributed by atoms with E-state index < -0.39 is 6.23 Å². The Labute approximate surface area is 76.3 Å². The van der Waals surface area contributed by atoms with Crippen LogP contribution in [0, 0.1) is 0 Å². The third-order valence-electron chi connectivity index (χ3n) is 1.90. The molecule has 3 nitrogen and oxygen atoms in total. The first-order chi connectivity index (χ1) is 6.38. The van der Waals surface area contributed by atoms with Gasteiger partial charge in [0, 0.05) is 18.0 Å². The topological polar surface area (TPSA) is 38.0 Å². The molecule has 0 amide bonds. The summed E-state index contributed by atoms with van der Waals surface area (Å²) in [6.45, 7) is 0. The van der Waals surface area contributed by atoms with Crippen LogP contribution in [0.15, 0.2) is 49.1 Å². The average Bonchev–Trinajstić information content (AvgIpc) is 2.71. The van der Waals surface area contributed by atoms with Gasteiger partial charge in [0.1, 0.15) is 0 Å². The second kappa shape index (κ2) is 3.41. The Balaban J connectivity index is 2.29. The van der Waals surface area contributed by atoms with Crippen LogP contribution >= 0.6 is 0 Å². The van der Waals surface area contributed by atoms with Gasteiger partial charge in [0.25, 0.3) is 0 Å². The molecule has 0 spiro atoms. The third-order valence-corrected chi connectivity index (χ3v) is 1.90. The quantitative estimate of drug-likeness (QED) is 0.747. The molecule has 0 saturated carbocycles. The van der Waals surface area contributed by atoms with Crippen molar-refractivity contribution in [3.63, 3.8) is 0 Å². The van der Waals surface area contributed by atoms with Gasteiger partial charge in [-0.25, -0.2) is 4.98 Å². The van der Waals surface area contributed by atoms with Gasteiger partial charge in [-0.3, -0.25) is 0 Å². The van der Waals surface area contributed by atoms with Crippen LogP contribution in [0.25, 0.3) is 0 Å².